The van der Waals surface area contributed by atoms with Crippen LogP contribution in [0.2, 0.25) is 0 Å². The first kappa shape index (κ1) is 15.9. The largest absolute Gasteiger partial charge is 0.370 e. The molecule has 1 amide bonds. The number of thiophene rings is 1. The molecule has 3 aromatic rings. The fraction of sp³-hybridized carbons (Fsp3) is 0.294. The second-order valence-corrected chi connectivity index (χ2v) is 6.63. The van der Waals surface area contributed by atoms with Gasteiger partial charge in [0.15, 0.2) is 0 Å². The van der Waals surface area contributed by atoms with Gasteiger partial charge in [-0.2, -0.15) is 0 Å². The molecule has 1 saturated heterocycles. The van der Waals surface area contributed by atoms with Crippen molar-refractivity contribution in [1.29, 1.82) is 0 Å². The topological polar surface area (TPSA) is 80.2 Å². The van der Waals surface area contributed by atoms with Crippen molar-refractivity contribution in [3.63, 3.8) is 0 Å². The number of anilines is 1. The lowest BCUT2D eigenvalue weighted by Gasteiger charge is -2.33. The molecule has 1 N–H and O–H groups in total. The van der Waals surface area contributed by atoms with Gasteiger partial charge in [0.2, 0.25) is 5.95 Å². The maximum absolute atomic E-state index is 12.4. The number of rotatable bonds is 3. The van der Waals surface area contributed by atoms with Crippen LogP contribution in [0.4, 0.5) is 5.95 Å². The number of fused-ring (bicyclic) bond motifs is 1. The maximum Gasteiger partial charge on any atom is 0.261 e. The Labute approximate surface area is 148 Å². The van der Waals surface area contributed by atoms with Gasteiger partial charge in [-0.15, -0.1) is 11.3 Å². The molecule has 0 bridgehead atoms. The van der Waals surface area contributed by atoms with Gasteiger partial charge in [0.25, 0.3) is 5.91 Å². The Morgan fingerprint density at radius 3 is 2.88 bits per heavy atom. The number of nitrogens with one attached hydrogen (secondary N) is 1. The zero-order valence-electron chi connectivity index (χ0n) is 13.7. The van der Waals surface area contributed by atoms with Crippen molar-refractivity contribution in [2.24, 2.45) is 0 Å². The van der Waals surface area contributed by atoms with E-state index in [1.54, 1.807) is 31.7 Å². The monoisotopic (exact) mass is 355 g/mol. The number of hydrogen-bond donors (Lipinski definition) is 1. The van der Waals surface area contributed by atoms with Crippen molar-refractivity contribution in [2.45, 2.75) is 6.10 Å². The fourth-order valence-corrected chi connectivity index (χ4v) is 4.15. The van der Waals surface area contributed by atoms with Gasteiger partial charge < -0.3 is 15.0 Å². The van der Waals surface area contributed by atoms with Crippen molar-refractivity contribution >= 4 is 33.4 Å². The first-order valence-electron chi connectivity index (χ1n) is 8.01. The summed E-state index contributed by atoms with van der Waals surface area (Å²) in [5.74, 6) is 0.560. The molecule has 0 unspecified atom stereocenters. The number of ether oxygens (including phenoxy) is 1. The van der Waals surface area contributed by atoms with E-state index < -0.39 is 0 Å². The molecule has 0 spiro atoms. The van der Waals surface area contributed by atoms with E-state index in [2.05, 4.69) is 25.2 Å². The lowest BCUT2D eigenvalue weighted by Crippen LogP contribution is -2.39. The van der Waals surface area contributed by atoms with E-state index in [9.17, 15) is 4.79 Å². The number of carbonyl (C=O) groups excluding carboxylic acids is 1. The second kappa shape index (κ2) is 6.73. The third-order valence-corrected chi connectivity index (χ3v) is 5.29. The first-order valence-corrected chi connectivity index (χ1v) is 8.82. The van der Waals surface area contributed by atoms with Crippen molar-refractivity contribution in [1.82, 2.24) is 20.3 Å². The Hall–Kier alpha value is -2.58. The van der Waals surface area contributed by atoms with Crippen LogP contribution in [-0.2, 0) is 4.74 Å². The van der Waals surface area contributed by atoms with E-state index in [0.29, 0.717) is 24.0 Å². The van der Waals surface area contributed by atoms with Crippen LogP contribution in [0, 0.1) is 0 Å². The highest BCUT2D eigenvalue weighted by Crippen LogP contribution is 2.37. The summed E-state index contributed by atoms with van der Waals surface area (Å²) >= 11 is 1.39. The van der Waals surface area contributed by atoms with Crippen LogP contribution in [0.25, 0.3) is 10.2 Å². The molecule has 3 aromatic heterocycles. The standard InChI is InChI=1S/C17H17N5O2S/c1-18-15(23)14-13(11-4-2-5-19-16(11)25-14)12-10-22(8-9-24-12)17-20-6-3-7-21-17/h2-7,12H,8-10H2,1H3,(H,18,23)/t12-/m0/s1. The number of morpholine rings is 1. The quantitative estimate of drug-likeness (QED) is 0.774. The molecular formula is C17H17N5O2S. The fourth-order valence-electron chi connectivity index (χ4n) is 3.01. The van der Waals surface area contributed by atoms with Crippen LogP contribution in [0.1, 0.15) is 21.3 Å². The van der Waals surface area contributed by atoms with E-state index in [-0.39, 0.29) is 12.0 Å². The van der Waals surface area contributed by atoms with Crippen molar-refractivity contribution in [3.8, 4) is 0 Å². The van der Waals surface area contributed by atoms with Gasteiger partial charge >= 0.3 is 0 Å². The van der Waals surface area contributed by atoms with Gasteiger partial charge in [0.1, 0.15) is 15.8 Å². The lowest BCUT2D eigenvalue weighted by atomic mass is 10.0. The minimum atomic E-state index is -0.234. The average Bonchev–Trinajstić information content (AvgIpc) is 3.08. The normalized spacial score (nSPS) is 17.6. The molecule has 1 fully saturated rings. The first-order chi connectivity index (χ1) is 12.3. The highest BCUT2D eigenvalue weighted by atomic mass is 32.1. The number of aromatic nitrogens is 3. The summed E-state index contributed by atoms with van der Waals surface area (Å²) in [6.45, 7) is 1.86. The Kier molecular flexibility index (Phi) is 4.29. The van der Waals surface area contributed by atoms with E-state index in [4.69, 9.17) is 4.74 Å². The second-order valence-electron chi connectivity index (χ2n) is 5.63. The molecule has 7 nitrogen and oxygen atoms in total. The van der Waals surface area contributed by atoms with E-state index in [0.717, 1.165) is 22.3 Å². The predicted octanol–water partition coefficient (Wildman–Crippen LogP) is 2.02. The smallest absolute Gasteiger partial charge is 0.261 e. The van der Waals surface area contributed by atoms with Crippen LogP contribution in [0.5, 0.6) is 0 Å². The van der Waals surface area contributed by atoms with Gasteiger partial charge in [-0.25, -0.2) is 15.0 Å². The molecule has 4 heterocycles. The van der Waals surface area contributed by atoms with Gasteiger partial charge in [0.05, 0.1) is 13.2 Å². The van der Waals surface area contributed by atoms with Crippen molar-refractivity contribution in [3.05, 3.63) is 47.2 Å². The summed E-state index contributed by atoms with van der Waals surface area (Å²) in [6, 6.07) is 5.66. The number of carbonyl (C=O) groups is 1. The summed E-state index contributed by atoms with van der Waals surface area (Å²) < 4.78 is 6.02. The molecule has 0 aromatic carbocycles. The average molecular weight is 355 g/mol. The molecule has 0 saturated carbocycles. The Balaban J connectivity index is 1.74. The Morgan fingerprint density at radius 2 is 2.08 bits per heavy atom. The van der Waals surface area contributed by atoms with Crippen LogP contribution >= 0.6 is 11.3 Å². The molecule has 0 aliphatic carbocycles. The highest BCUT2D eigenvalue weighted by Gasteiger charge is 2.30. The van der Waals surface area contributed by atoms with Gasteiger partial charge in [-0.1, -0.05) is 6.07 Å². The number of pyridine rings is 1. The Bertz CT molecular complexity index is 898. The minimum Gasteiger partial charge on any atom is -0.370 e. The molecule has 0 radical (unpaired) electrons. The summed E-state index contributed by atoms with van der Waals surface area (Å²) in [6.07, 6.45) is 4.96. The van der Waals surface area contributed by atoms with Gasteiger partial charge in [-0.3, -0.25) is 4.79 Å². The van der Waals surface area contributed by atoms with Crippen molar-refractivity contribution in [2.75, 3.05) is 31.6 Å². The van der Waals surface area contributed by atoms with Crippen LogP contribution < -0.4 is 10.2 Å². The number of hydrogen-bond acceptors (Lipinski definition) is 7. The van der Waals surface area contributed by atoms with E-state index in [1.165, 1.54) is 11.3 Å². The molecule has 8 heteroatoms. The third-order valence-electron chi connectivity index (χ3n) is 4.16. The Morgan fingerprint density at radius 1 is 1.28 bits per heavy atom. The molecule has 128 valence electrons. The minimum absolute atomic E-state index is 0.116. The van der Waals surface area contributed by atoms with E-state index >= 15 is 0 Å². The maximum atomic E-state index is 12.4. The van der Waals surface area contributed by atoms with E-state index in [1.807, 2.05) is 12.1 Å². The lowest BCUT2D eigenvalue weighted by molar-refractivity contribution is 0.0396. The molecule has 4 rings (SSSR count). The van der Waals surface area contributed by atoms with Crippen LogP contribution in [-0.4, -0.2) is 47.6 Å². The zero-order chi connectivity index (χ0) is 17.2. The molecule has 1 aliphatic heterocycles. The summed E-state index contributed by atoms with van der Waals surface area (Å²) in [7, 11) is 1.63. The van der Waals surface area contributed by atoms with Crippen molar-refractivity contribution < 1.29 is 9.53 Å². The van der Waals surface area contributed by atoms with Crippen LogP contribution in [0.15, 0.2) is 36.8 Å². The SMILES string of the molecule is CNC(=O)c1sc2ncccc2c1[C@@H]1CN(c2ncccn2)CCO1. The van der Waals surface area contributed by atoms with Crippen LogP contribution in [0.3, 0.4) is 0 Å². The molecule has 1 atom stereocenters. The molecule has 1 aliphatic rings. The van der Waals surface area contributed by atoms with Gasteiger partial charge in [-0.05, 0) is 12.1 Å². The predicted molar refractivity (Wildman–Crippen MR) is 95.9 cm³/mol. The third kappa shape index (κ3) is 2.94. The highest BCUT2D eigenvalue weighted by molar-refractivity contribution is 7.20. The summed E-state index contributed by atoms with van der Waals surface area (Å²) in [5, 5.41) is 3.68. The van der Waals surface area contributed by atoms with Gasteiger partial charge in [0, 0.05) is 43.1 Å². The number of nitrogens with zero attached hydrogens (tertiary/aromatic N) is 4. The summed E-state index contributed by atoms with van der Waals surface area (Å²) in [5.41, 5.74) is 0.896. The molecule has 25 heavy (non-hydrogen) atoms. The summed E-state index contributed by atoms with van der Waals surface area (Å²) in [4.78, 5) is 29.0. The number of amides is 1. The molecular weight excluding hydrogens is 338 g/mol. The zero-order valence-corrected chi connectivity index (χ0v) is 14.5.